The predicted molar refractivity (Wildman–Crippen MR) is 97.8 cm³/mol. The summed E-state index contributed by atoms with van der Waals surface area (Å²) in [6.07, 6.45) is 5.37. The fourth-order valence-electron chi connectivity index (χ4n) is 2.77. The molecule has 0 spiro atoms. The highest BCUT2D eigenvalue weighted by Crippen LogP contribution is 2.28. The minimum Gasteiger partial charge on any atom is -0.444 e. The molecule has 3 rings (SSSR count). The van der Waals surface area contributed by atoms with Crippen molar-refractivity contribution in [1.82, 2.24) is 14.9 Å². The SMILES string of the molecule is CC(C)(C)OC(=O)N1CC=C(c2ccc(-c3ncccn3)cc2F)CC1. The Morgan fingerprint density at radius 2 is 1.96 bits per heavy atom. The fourth-order valence-corrected chi connectivity index (χ4v) is 2.77. The topological polar surface area (TPSA) is 55.3 Å². The molecule has 26 heavy (non-hydrogen) atoms. The maximum Gasteiger partial charge on any atom is 0.410 e. The predicted octanol–water partition coefficient (Wildman–Crippen LogP) is 4.31. The zero-order chi connectivity index (χ0) is 18.7. The van der Waals surface area contributed by atoms with Crippen LogP contribution in [0.5, 0.6) is 0 Å². The summed E-state index contributed by atoms with van der Waals surface area (Å²) in [5.74, 6) is 0.179. The molecule has 0 unspecified atom stereocenters. The van der Waals surface area contributed by atoms with Gasteiger partial charge >= 0.3 is 6.09 Å². The number of nitrogens with zero attached hydrogens (tertiary/aromatic N) is 3. The van der Waals surface area contributed by atoms with Crippen LogP contribution >= 0.6 is 0 Å². The van der Waals surface area contributed by atoms with Gasteiger partial charge in [-0.25, -0.2) is 19.2 Å². The number of rotatable bonds is 2. The summed E-state index contributed by atoms with van der Waals surface area (Å²) in [5.41, 5.74) is 1.55. The molecule has 0 aliphatic carbocycles. The first-order valence-electron chi connectivity index (χ1n) is 8.58. The second-order valence-electron chi connectivity index (χ2n) is 7.17. The van der Waals surface area contributed by atoms with Crippen molar-refractivity contribution in [3.63, 3.8) is 0 Å². The second-order valence-corrected chi connectivity index (χ2v) is 7.17. The summed E-state index contributed by atoms with van der Waals surface area (Å²) < 4.78 is 20.0. The van der Waals surface area contributed by atoms with Crippen LogP contribution in [0.15, 0.2) is 42.7 Å². The number of halogens is 1. The fraction of sp³-hybridized carbons (Fsp3) is 0.350. The molecule has 0 bridgehead atoms. The molecule has 0 atom stereocenters. The summed E-state index contributed by atoms with van der Waals surface area (Å²) in [4.78, 5) is 22.0. The van der Waals surface area contributed by atoms with Crippen LogP contribution in [0.4, 0.5) is 9.18 Å². The van der Waals surface area contributed by atoms with Gasteiger partial charge < -0.3 is 9.64 Å². The Morgan fingerprint density at radius 3 is 2.54 bits per heavy atom. The molecule has 0 fully saturated rings. The summed E-state index contributed by atoms with van der Waals surface area (Å²) in [7, 11) is 0. The molecule has 1 aliphatic heterocycles. The van der Waals surface area contributed by atoms with Crippen LogP contribution in [0.1, 0.15) is 32.8 Å². The number of benzene rings is 1. The zero-order valence-corrected chi connectivity index (χ0v) is 15.2. The highest BCUT2D eigenvalue weighted by Gasteiger charge is 2.24. The smallest absolute Gasteiger partial charge is 0.410 e. The van der Waals surface area contributed by atoms with E-state index in [2.05, 4.69) is 9.97 Å². The van der Waals surface area contributed by atoms with Gasteiger partial charge in [0.05, 0.1) is 0 Å². The van der Waals surface area contributed by atoms with Crippen molar-refractivity contribution in [2.75, 3.05) is 13.1 Å². The molecule has 0 N–H and O–H groups in total. The van der Waals surface area contributed by atoms with Gasteiger partial charge in [-0.15, -0.1) is 0 Å². The van der Waals surface area contributed by atoms with E-state index in [1.54, 1.807) is 29.4 Å². The lowest BCUT2D eigenvalue weighted by molar-refractivity contribution is 0.0270. The van der Waals surface area contributed by atoms with E-state index in [4.69, 9.17) is 4.74 Å². The Kier molecular flexibility index (Phi) is 5.02. The van der Waals surface area contributed by atoms with Crippen LogP contribution in [0.25, 0.3) is 17.0 Å². The molecule has 5 nitrogen and oxygen atoms in total. The number of ether oxygens (including phenoxy) is 1. The molecule has 6 heteroatoms. The van der Waals surface area contributed by atoms with E-state index in [0.29, 0.717) is 36.5 Å². The summed E-state index contributed by atoms with van der Waals surface area (Å²) in [6, 6.07) is 6.73. The van der Waals surface area contributed by atoms with Gasteiger partial charge in [0.15, 0.2) is 5.82 Å². The summed E-state index contributed by atoms with van der Waals surface area (Å²) >= 11 is 0. The van der Waals surface area contributed by atoms with Gasteiger partial charge in [-0.1, -0.05) is 18.2 Å². The quantitative estimate of drug-likeness (QED) is 0.806. The van der Waals surface area contributed by atoms with Gasteiger partial charge in [0.1, 0.15) is 11.4 Å². The molecule has 1 amide bonds. The van der Waals surface area contributed by atoms with Crippen molar-refractivity contribution in [1.29, 1.82) is 0 Å². The molecule has 2 aromatic rings. The van der Waals surface area contributed by atoms with E-state index >= 15 is 0 Å². The molecule has 136 valence electrons. The van der Waals surface area contributed by atoms with Gasteiger partial charge in [0.25, 0.3) is 0 Å². The Hall–Kier alpha value is -2.76. The molecule has 1 aromatic carbocycles. The lowest BCUT2D eigenvalue weighted by Gasteiger charge is -2.29. The maximum absolute atomic E-state index is 14.6. The molecule has 0 saturated carbocycles. The molecular formula is C20H22FN3O2. The molecule has 2 heterocycles. The van der Waals surface area contributed by atoms with Crippen molar-refractivity contribution < 1.29 is 13.9 Å². The van der Waals surface area contributed by atoms with Crippen LogP contribution in [0.3, 0.4) is 0 Å². The lowest BCUT2D eigenvalue weighted by atomic mass is 9.97. The van der Waals surface area contributed by atoms with E-state index in [9.17, 15) is 9.18 Å². The van der Waals surface area contributed by atoms with Crippen molar-refractivity contribution >= 4 is 11.7 Å². The molecule has 1 aromatic heterocycles. The van der Waals surface area contributed by atoms with E-state index < -0.39 is 5.60 Å². The molecular weight excluding hydrogens is 333 g/mol. The first kappa shape index (κ1) is 18.0. The number of hydrogen-bond donors (Lipinski definition) is 0. The van der Waals surface area contributed by atoms with E-state index in [1.165, 1.54) is 6.07 Å². The van der Waals surface area contributed by atoms with Gasteiger partial charge in [-0.2, -0.15) is 0 Å². The van der Waals surface area contributed by atoms with Crippen LogP contribution in [-0.4, -0.2) is 39.7 Å². The average molecular weight is 355 g/mol. The minimum absolute atomic E-state index is 0.313. The standard InChI is InChI=1S/C20H22FN3O2/c1-20(2,3)26-19(25)24-11-7-14(8-12-24)16-6-5-15(13-17(16)21)18-22-9-4-10-23-18/h4-7,9-10,13H,8,11-12H2,1-3H3. The largest absolute Gasteiger partial charge is 0.444 e. The van der Waals surface area contributed by atoms with Gasteiger partial charge in [0, 0.05) is 36.6 Å². The Balaban J connectivity index is 1.73. The third-order valence-electron chi connectivity index (χ3n) is 4.00. The van der Waals surface area contributed by atoms with Crippen LogP contribution in [-0.2, 0) is 4.74 Å². The van der Waals surface area contributed by atoms with Gasteiger partial charge in [-0.3, -0.25) is 0 Å². The highest BCUT2D eigenvalue weighted by atomic mass is 19.1. The van der Waals surface area contributed by atoms with Crippen LogP contribution in [0, 0.1) is 5.82 Å². The van der Waals surface area contributed by atoms with Crippen molar-refractivity contribution in [3.8, 4) is 11.4 Å². The third-order valence-corrected chi connectivity index (χ3v) is 4.00. The number of aromatic nitrogens is 2. The van der Waals surface area contributed by atoms with Crippen LogP contribution < -0.4 is 0 Å². The average Bonchev–Trinajstić information content (AvgIpc) is 2.61. The first-order chi connectivity index (χ1) is 12.3. The Morgan fingerprint density at radius 1 is 1.23 bits per heavy atom. The number of carbonyl (C=O) groups excluding carboxylic acids is 1. The van der Waals surface area contributed by atoms with E-state index in [0.717, 1.165) is 5.57 Å². The lowest BCUT2D eigenvalue weighted by Crippen LogP contribution is -2.39. The van der Waals surface area contributed by atoms with Crippen molar-refractivity contribution in [2.45, 2.75) is 32.8 Å². The Labute approximate surface area is 152 Å². The first-order valence-corrected chi connectivity index (χ1v) is 8.58. The monoisotopic (exact) mass is 355 g/mol. The third kappa shape index (κ3) is 4.25. The van der Waals surface area contributed by atoms with Crippen molar-refractivity contribution in [2.24, 2.45) is 0 Å². The van der Waals surface area contributed by atoms with Gasteiger partial charge in [-0.05, 0) is 44.9 Å². The normalized spacial score (nSPS) is 14.8. The highest BCUT2D eigenvalue weighted by molar-refractivity contribution is 5.74. The summed E-state index contributed by atoms with van der Waals surface area (Å²) in [5, 5.41) is 0. The maximum atomic E-state index is 14.6. The minimum atomic E-state index is -0.525. The Bertz CT molecular complexity index is 829. The number of carbonyl (C=O) groups is 1. The molecule has 0 saturated heterocycles. The number of amides is 1. The number of hydrogen-bond acceptors (Lipinski definition) is 4. The zero-order valence-electron chi connectivity index (χ0n) is 15.2. The van der Waals surface area contributed by atoms with Crippen LogP contribution in [0.2, 0.25) is 0 Å². The van der Waals surface area contributed by atoms with E-state index in [-0.39, 0.29) is 11.9 Å². The second kappa shape index (κ2) is 7.23. The van der Waals surface area contributed by atoms with Crippen molar-refractivity contribution in [3.05, 3.63) is 54.1 Å². The summed E-state index contributed by atoms with van der Waals surface area (Å²) in [6.45, 7) is 6.42. The molecule has 1 aliphatic rings. The van der Waals surface area contributed by atoms with Gasteiger partial charge in [0.2, 0.25) is 0 Å². The van der Waals surface area contributed by atoms with E-state index in [1.807, 2.05) is 32.9 Å². The molecule has 0 radical (unpaired) electrons.